The summed E-state index contributed by atoms with van der Waals surface area (Å²) in [7, 11) is 0. The maximum Gasteiger partial charge on any atom is 0.259 e. The van der Waals surface area contributed by atoms with Crippen LogP contribution in [0.2, 0.25) is 0 Å². The largest absolute Gasteiger partial charge is 0.364 e. The quantitative estimate of drug-likeness (QED) is 0.855. The lowest BCUT2D eigenvalue weighted by Crippen LogP contribution is -2.43. The molecule has 0 aromatic carbocycles. The predicted molar refractivity (Wildman–Crippen MR) is 77.8 cm³/mol. The predicted octanol–water partition coefficient (Wildman–Crippen LogP) is 2.48. The van der Waals surface area contributed by atoms with Gasteiger partial charge in [0.05, 0.1) is 0 Å². The lowest BCUT2D eigenvalue weighted by atomic mass is 9.85. The fourth-order valence-corrected chi connectivity index (χ4v) is 3.94. The van der Waals surface area contributed by atoms with Gasteiger partial charge in [0.1, 0.15) is 5.56 Å². The van der Waals surface area contributed by atoms with Gasteiger partial charge in [-0.1, -0.05) is 12.8 Å². The van der Waals surface area contributed by atoms with Gasteiger partial charge in [-0.05, 0) is 39.0 Å². The molecule has 0 radical (unpaired) electrons. The Morgan fingerprint density at radius 2 is 2.10 bits per heavy atom. The van der Waals surface area contributed by atoms with E-state index in [1.54, 1.807) is 6.20 Å². The minimum atomic E-state index is -0.169. The Bertz CT molecular complexity index is 578. The number of fused-ring (bicyclic) bond motifs is 1. The van der Waals surface area contributed by atoms with E-state index in [1.165, 1.54) is 25.3 Å². The van der Waals surface area contributed by atoms with Gasteiger partial charge in [-0.3, -0.25) is 9.59 Å². The van der Waals surface area contributed by atoms with Crippen LogP contribution in [0.15, 0.2) is 17.1 Å². The molecule has 2 fully saturated rings. The molecule has 1 aromatic heterocycles. The molecule has 108 valence electrons. The molecule has 4 nitrogen and oxygen atoms in total. The zero-order chi connectivity index (χ0) is 14.3. The number of hydrogen-bond donors (Lipinski definition) is 1. The van der Waals surface area contributed by atoms with Crippen molar-refractivity contribution in [2.24, 2.45) is 5.92 Å². The van der Waals surface area contributed by atoms with Crippen LogP contribution in [-0.4, -0.2) is 27.9 Å². The summed E-state index contributed by atoms with van der Waals surface area (Å²) in [6, 6.07) is 2.09. The van der Waals surface area contributed by atoms with Crippen LogP contribution >= 0.6 is 0 Å². The van der Waals surface area contributed by atoms with Gasteiger partial charge >= 0.3 is 0 Å². The van der Waals surface area contributed by atoms with Crippen molar-refractivity contribution >= 4 is 5.91 Å². The fraction of sp³-hybridized carbons (Fsp3) is 0.625. The minimum Gasteiger partial charge on any atom is -0.364 e. The number of carbonyl (C=O) groups excluding carboxylic acids is 1. The second-order valence-electron chi connectivity index (χ2n) is 6.30. The molecular formula is C16H22N2O2. The van der Waals surface area contributed by atoms with Crippen LogP contribution in [0.4, 0.5) is 0 Å². The number of nitrogens with one attached hydrogen (secondary N) is 1. The standard InChI is InChI=1S/C16H22N2O2/c1-10-7-15(19)13(9-17-10)16(20)18-11(2)8-12-5-3-4-6-14(12)18/h7,9,11-12,14H,3-6,8H2,1-2H3,(H,17,19). The Balaban J connectivity index is 1.91. The van der Waals surface area contributed by atoms with Gasteiger partial charge in [-0.2, -0.15) is 0 Å². The number of nitrogens with zero attached hydrogens (tertiary/aromatic N) is 1. The highest BCUT2D eigenvalue weighted by Crippen LogP contribution is 2.39. The number of H-pyrrole nitrogens is 1. The highest BCUT2D eigenvalue weighted by atomic mass is 16.2. The van der Waals surface area contributed by atoms with Gasteiger partial charge in [0.2, 0.25) is 0 Å². The zero-order valence-corrected chi connectivity index (χ0v) is 12.2. The van der Waals surface area contributed by atoms with Crippen LogP contribution < -0.4 is 5.43 Å². The average molecular weight is 274 g/mol. The molecule has 0 bridgehead atoms. The third kappa shape index (κ3) is 2.17. The molecule has 20 heavy (non-hydrogen) atoms. The molecule has 1 aliphatic heterocycles. The lowest BCUT2D eigenvalue weighted by molar-refractivity contribution is 0.0632. The van der Waals surface area contributed by atoms with Crippen molar-refractivity contribution in [2.75, 3.05) is 0 Å². The van der Waals surface area contributed by atoms with E-state index in [9.17, 15) is 9.59 Å². The number of aromatic amines is 1. The Labute approximate surface area is 119 Å². The summed E-state index contributed by atoms with van der Waals surface area (Å²) in [6.07, 6.45) is 7.44. The Hall–Kier alpha value is -1.58. The molecular weight excluding hydrogens is 252 g/mol. The van der Waals surface area contributed by atoms with E-state index in [1.807, 2.05) is 11.8 Å². The van der Waals surface area contributed by atoms with Crippen molar-refractivity contribution in [3.63, 3.8) is 0 Å². The molecule has 1 saturated heterocycles. The molecule has 3 rings (SSSR count). The number of rotatable bonds is 1. The molecule has 2 heterocycles. The van der Waals surface area contributed by atoms with Gasteiger partial charge in [0.15, 0.2) is 5.43 Å². The lowest BCUT2D eigenvalue weighted by Gasteiger charge is -2.33. The molecule has 3 atom stereocenters. The number of aromatic nitrogens is 1. The maximum absolute atomic E-state index is 12.8. The molecule has 0 spiro atoms. The van der Waals surface area contributed by atoms with Crippen molar-refractivity contribution in [2.45, 2.75) is 58.0 Å². The molecule has 1 aliphatic carbocycles. The SMILES string of the molecule is Cc1cc(=O)c(C(=O)N2C(C)CC3CCCCC32)c[nH]1. The van der Waals surface area contributed by atoms with Crippen LogP contribution in [0.3, 0.4) is 0 Å². The van der Waals surface area contributed by atoms with Gasteiger partial charge < -0.3 is 9.88 Å². The maximum atomic E-state index is 12.8. The van der Waals surface area contributed by atoms with Gasteiger partial charge in [-0.15, -0.1) is 0 Å². The van der Waals surface area contributed by atoms with Crippen molar-refractivity contribution in [1.29, 1.82) is 0 Å². The van der Waals surface area contributed by atoms with E-state index >= 15 is 0 Å². The van der Waals surface area contributed by atoms with E-state index in [4.69, 9.17) is 0 Å². The molecule has 1 aromatic rings. The van der Waals surface area contributed by atoms with Gasteiger partial charge in [-0.25, -0.2) is 0 Å². The van der Waals surface area contributed by atoms with Crippen molar-refractivity contribution in [3.05, 3.63) is 33.7 Å². The summed E-state index contributed by atoms with van der Waals surface area (Å²) in [5.41, 5.74) is 0.906. The third-order valence-electron chi connectivity index (χ3n) is 4.87. The summed E-state index contributed by atoms with van der Waals surface area (Å²) < 4.78 is 0. The molecule has 1 saturated carbocycles. The monoisotopic (exact) mass is 274 g/mol. The molecule has 3 unspecified atom stereocenters. The Morgan fingerprint density at radius 1 is 1.35 bits per heavy atom. The van der Waals surface area contributed by atoms with E-state index in [2.05, 4.69) is 11.9 Å². The number of likely N-dealkylation sites (tertiary alicyclic amines) is 1. The highest BCUT2D eigenvalue weighted by Gasteiger charge is 2.43. The van der Waals surface area contributed by atoms with E-state index < -0.39 is 0 Å². The minimum absolute atomic E-state index is 0.0897. The van der Waals surface area contributed by atoms with Gasteiger partial charge in [0.25, 0.3) is 5.91 Å². The average Bonchev–Trinajstić information content (AvgIpc) is 2.73. The van der Waals surface area contributed by atoms with Crippen LogP contribution in [-0.2, 0) is 0 Å². The van der Waals surface area contributed by atoms with E-state index in [-0.39, 0.29) is 22.9 Å². The molecule has 1 amide bonds. The highest BCUT2D eigenvalue weighted by molar-refractivity contribution is 5.94. The smallest absolute Gasteiger partial charge is 0.259 e. The second-order valence-corrected chi connectivity index (χ2v) is 6.30. The van der Waals surface area contributed by atoms with Crippen molar-refractivity contribution in [1.82, 2.24) is 9.88 Å². The molecule has 2 aliphatic rings. The number of amides is 1. The van der Waals surface area contributed by atoms with Crippen molar-refractivity contribution in [3.8, 4) is 0 Å². The summed E-state index contributed by atoms with van der Waals surface area (Å²) in [4.78, 5) is 29.7. The summed E-state index contributed by atoms with van der Waals surface area (Å²) in [6.45, 7) is 3.93. The Kier molecular flexibility index (Phi) is 3.40. The molecule has 1 N–H and O–H groups in total. The van der Waals surface area contributed by atoms with Crippen LogP contribution in [0.25, 0.3) is 0 Å². The first kappa shape index (κ1) is 13.4. The normalized spacial score (nSPS) is 29.3. The van der Waals surface area contributed by atoms with Crippen LogP contribution in [0.5, 0.6) is 0 Å². The number of carbonyl (C=O) groups is 1. The molecule has 4 heteroatoms. The summed E-state index contributed by atoms with van der Waals surface area (Å²) in [5, 5.41) is 0. The third-order valence-corrected chi connectivity index (χ3v) is 4.87. The van der Waals surface area contributed by atoms with Crippen LogP contribution in [0, 0.1) is 12.8 Å². The van der Waals surface area contributed by atoms with Crippen molar-refractivity contribution < 1.29 is 4.79 Å². The number of hydrogen-bond acceptors (Lipinski definition) is 2. The topological polar surface area (TPSA) is 53.2 Å². The zero-order valence-electron chi connectivity index (χ0n) is 12.2. The first-order valence-electron chi connectivity index (χ1n) is 7.60. The number of aryl methyl sites for hydroxylation is 1. The summed E-state index contributed by atoms with van der Waals surface area (Å²) >= 11 is 0. The summed E-state index contributed by atoms with van der Waals surface area (Å²) in [5.74, 6) is 0.542. The first-order valence-corrected chi connectivity index (χ1v) is 7.60. The van der Waals surface area contributed by atoms with E-state index in [0.717, 1.165) is 18.5 Å². The number of pyridine rings is 1. The van der Waals surface area contributed by atoms with E-state index in [0.29, 0.717) is 12.0 Å². The van der Waals surface area contributed by atoms with Crippen LogP contribution in [0.1, 0.15) is 55.1 Å². The Morgan fingerprint density at radius 3 is 2.85 bits per heavy atom. The second kappa shape index (κ2) is 5.08. The fourth-order valence-electron chi connectivity index (χ4n) is 3.94. The van der Waals surface area contributed by atoms with Gasteiger partial charge in [0, 0.05) is 30.0 Å². The first-order chi connectivity index (χ1) is 9.58.